The van der Waals surface area contributed by atoms with E-state index in [1.807, 2.05) is 31.3 Å². The smallest absolute Gasteiger partial charge is 0.254 e. The fourth-order valence-corrected chi connectivity index (χ4v) is 3.09. The third-order valence-electron chi connectivity index (χ3n) is 4.56. The van der Waals surface area contributed by atoms with Gasteiger partial charge in [-0.3, -0.25) is 4.79 Å². The minimum Gasteiger partial charge on any atom is -0.352 e. The summed E-state index contributed by atoms with van der Waals surface area (Å²) in [6.07, 6.45) is 1.84. The van der Waals surface area contributed by atoms with E-state index in [4.69, 9.17) is 0 Å². The quantitative estimate of drug-likeness (QED) is 0.710. The number of benzene rings is 1. The summed E-state index contributed by atoms with van der Waals surface area (Å²) in [5, 5.41) is 12.8. The molecule has 8 heteroatoms. The Bertz CT molecular complexity index is 947. The van der Waals surface area contributed by atoms with Crippen molar-refractivity contribution in [3.8, 4) is 5.82 Å². The average Bonchev–Trinajstić information content (AvgIpc) is 3.14. The summed E-state index contributed by atoms with van der Waals surface area (Å²) < 4.78 is 15.0. The van der Waals surface area contributed by atoms with Crippen molar-refractivity contribution in [2.24, 2.45) is 0 Å². The molecule has 1 aliphatic heterocycles. The summed E-state index contributed by atoms with van der Waals surface area (Å²) in [5.74, 6) is 0.874. The van der Waals surface area contributed by atoms with E-state index >= 15 is 0 Å². The molecule has 3 heterocycles. The molecule has 0 spiro atoms. The molecule has 1 fully saturated rings. The highest BCUT2D eigenvalue weighted by Crippen LogP contribution is 2.16. The standard InChI is InChI=1S/C19H19FN6O/c1-14-7-8-26(23-14)18-6-5-17(21-22-18)24-9-11-25(12-10-24)19(27)15-3-2-4-16(20)13-15/h2-8,13H,9-12H2,1H3. The fraction of sp³-hybridized carbons (Fsp3) is 0.263. The summed E-state index contributed by atoms with van der Waals surface area (Å²) in [6.45, 7) is 4.32. The van der Waals surface area contributed by atoms with Crippen molar-refractivity contribution in [2.75, 3.05) is 31.1 Å². The molecule has 0 saturated carbocycles. The number of carbonyl (C=O) groups excluding carboxylic acids is 1. The van der Waals surface area contributed by atoms with Gasteiger partial charge in [0.25, 0.3) is 5.91 Å². The van der Waals surface area contributed by atoms with E-state index in [9.17, 15) is 9.18 Å². The molecular formula is C19H19FN6O. The molecule has 0 atom stereocenters. The lowest BCUT2D eigenvalue weighted by Crippen LogP contribution is -2.49. The Morgan fingerprint density at radius 3 is 2.37 bits per heavy atom. The van der Waals surface area contributed by atoms with Crippen LogP contribution in [-0.2, 0) is 0 Å². The third kappa shape index (κ3) is 3.64. The SMILES string of the molecule is Cc1ccn(-c2ccc(N3CCN(C(=O)c4cccc(F)c4)CC3)nn2)n1. The molecule has 1 saturated heterocycles. The van der Waals surface area contributed by atoms with Crippen LogP contribution < -0.4 is 4.90 Å². The second-order valence-electron chi connectivity index (χ2n) is 6.44. The van der Waals surface area contributed by atoms with Gasteiger partial charge >= 0.3 is 0 Å². The van der Waals surface area contributed by atoms with Crippen LogP contribution in [0.2, 0.25) is 0 Å². The van der Waals surface area contributed by atoms with Crippen molar-refractivity contribution in [2.45, 2.75) is 6.92 Å². The molecule has 27 heavy (non-hydrogen) atoms. The van der Waals surface area contributed by atoms with Crippen LogP contribution in [0.3, 0.4) is 0 Å². The van der Waals surface area contributed by atoms with E-state index < -0.39 is 5.82 Å². The highest BCUT2D eigenvalue weighted by molar-refractivity contribution is 5.94. The average molecular weight is 366 g/mol. The van der Waals surface area contributed by atoms with Crippen LogP contribution in [0.25, 0.3) is 5.82 Å². The molecule has 138 valence electrons. The monoisotopic (exact) mass is 366 g/mol. The minimum absolute atomic E-state index is 0.148. The zero-order valence-electron chi connectivity index (χ0n) is 14.9. The topological polar surface area (TPSA) is 67.2 Å². The highest BCUT2D eigenvalue weighted by atomic mass is 19.1. The van der Waals surface area contributed by atoms with Crippen LogP contribution in [0.15, 0.2) is 48.7 Å². The zero-order valence-corrected chi connectivity index (χ0v) is 14.9. The van der Waals surface area contributed by atoms with Gasteiger partial charge in [-0.1, -0.05) is 6.07 Å². The van der Waals surface area contributed by atoms with E-state index in [2.05, 4.69) is 20.2 Å². The molecule has 0 N–H and O–H groups in total. The summed E-state index contributed by atoms with van der Waals surface area (Å²) in [7, 11) is 0. The molecule has 1 amide bonds. The summed E-state index contributed by atoms with van der Waals surface area (Å²) in [5.41, 5.74) is 1.29. The molecule has 0 unspecified atom stereocenters. The second kappa shape index (κ2) is 7.14. The number of amides is 1. The number of carbonyl (C=O) groups is 1. The Kier molecular flexibility index (Phi) is 4.53. The first kappa shape index (κ1) is 17.1. The first-order valence-electron chi connectivity index (χ1n) is 8.76. The number of anilines is 1. The molecular weight excluding hydrogens is 347 g/mol. The van der Waals surface area contributed by atoms with Gasteiger partial charge in [0.1, 0.15) is 5.82 Å². The summed E-state index contributed by atoms with van der Waals surface area (Å²) in [4.78, 5) is 16.3. The lowest BCUT2D eigenvalue weighted by Gasteiger charge is -2.35. The van der Waals surface area contributed by atoms with Gasteiger partial charge in [0.05, 0.1) is 5.69 Å². The van der Waals surface area contributed by atoms with Gasteiger partial charge in [-0.05, 0) is 43.3 Å². The van der Waals surface area contributed by atoms with Crippen molar-refractivity contribution in [3.63, 3.8) is 0 Å². The van der Waals surface area contributed by atoms with Crippen LogP contribution in [0.5, 0.6) is 0 Å². The first-order chi connectivity index (χ1) is 13.1. The maximum atomic E-state index is 13.3. The lowest BCUT2D eigenvalue weighted by molar-refractivity contribution is 0.0746. The van der Waals surface area contributed by atoms with Gasteiger partial charge in [0.2, 0.25) is 0 Å². The molecule has 1 aromatic carbocycles. The van der Waals surface area contributed by atoms with E-state index in [0.717, 1.165) is 11.5 Å². The van der Waals surface area contributed by atoms with Crippen LogP contribution in [0.4, 0.5) is 10.2 Å². The largest absolute Gasteiger partial charge is 0.352 e. The Balaban J connectivity index is 1.39. The van der Waals surface area contributed by atoms with Crippen molar-refractivity contribution in [3.05, 3.63) is 65.7 Å². The fourth-order valence-electron chi connectivity index (χ4n) is 3.09. The Labute approximate surface area is 156 Å². The molecule has 0 aliphatic carbocycles. The number of aryl methyl sites for hydroxylation is 1. The number of piperazine rings is 1. The van der Waals surface area contributed by atoms with Gasteiger partial charge in [0.15, 0.2) is 11.6 Å². The number of rotatable bonds is 3. The second-order valence-corrected chi connectivity index (χ2v) is 6.44. The van der Waals surface area contributed by atoms with E-state index in [-0.39, 0.29) is 5.91 Å². The number of hydrogen-bond acceptors (Lipinski definition) is 5. The summed E-state index contributed by atoms with van der Waals surface area (Å²) in [6, 6.07) is 11.5. The predicted octanol–water partition coefficient (Wildman–Crippen LogP) is 2.07. The maximum Gasteiger partial charge on any atom is 0.254 e. The van der Waals surface area contributed by atoms with Gasteiger partial charge in [0, 0.05) is 37.9 Å². The van der Waals surface area contributed by atoms with Crippen molar-refractivity contribution >= 4 is 11.7 Å². The van der Waals surface area contributed by atoms with Gasteiger partial charge < -0.3 is 9.80 Å². The number of hydrogen-bond donors (Lipinski definition) is 0. The van der Waals surface area contributed by atoms with Crippen LogP contribution in [-0.4, -0.2) is 57.0 Å². The van der Waals surface area contributed by atoms with Gasteiger partial charge in [-0.2, -0.15) is 5.10 Å². The van der Waals surface area contributed by atoms with E-state index in [1.54, 1.807) is 21.7 Å². The third-order valence-corrected chi connectivity index (χ3v) is 4.56. The van der Waals surface area contributed by atoms with Crippen molar-refractivity contribution < 1.29 is 9.18 Å². The van der Waals surface area contributed by atoms with E-state index in [0.29, 0.717) is 37.6 Å². The normalized spacial score (nSPS) is 14.4. The Morgan fingerprint density at radius 1 is 1.00 bits per heavy atom. The van der Waals surface area contributed by atoms with Crippen LogP contribution in [0.1, 0.15) is 16.1 Å². The predicted molar refractivity (Wildman–Crippen MR) is 98.4 cm³/mol. The highest BCUT2D eigenvalue weighted by Gasteiger charge is 2.23. The Hall–Kier alpha value is -3.29. The molecule has 2 aromatic heterocycles. The summed E-state index contributed by atoms with van der Waals surface area (Å²) >= 11 is 0. The molecule has 0 radical (unpaired) electrons. The van der Waals surface area contributed by atoms with E-state index in [1.165, 1.54) is 12.1 Å². The zero-order chi connectivity index (χ0) is 18.8. The van der Waals surface area contributed by atoms with Crippen LogP contribution in [0, 0.1) is 12.7 Å². The molecule has 0 bridgehead atoms. The van der Waals surface area contributed by atoms with Crippen LogP contribution >= 0.6 is 0 Å². The molecule has 1 aliphatic rings. The molecule has 4 rings (SSSR count). The first-order valence-corrected chi connectivity index (χ1v) is 8.76. The number of nitrogens with zero attached hydrogens (tertiary/aromatic N) is 6. The molecule has 7 nitrogen and oxygen atoms in total. The maximum absolute atomic E-state index is 13.3. The number of halogens is 1. The van der Waals surface area contributed by atoms with Crippen molar-refractivity contribution in [1.29, 1.82) is 0 Å². The number of aromatic nitrogens is 4. The lowest BCUT2D eigenvalue weighted by atomic mass is 10.1. The van der Waals surface area contributed by atoms with Crippen molar-refractivity contribution in [1.82, 2.24) is 24.9 Å². The minimum atomic E-state index is -0.401. The molecule has 3 aromatic rings. The Morgan fingerprint density at radius 2 is 1.74 bits per heavy atom. The van der Waals surface area contributed by atoms with Gasteiger partial charge in [-0.25, -0.2) is 9.07 Å². The van der Waals surface area contributed by atoms with Gasteiger partial charge in [-0.15, -0.1) is 10.2 Å².